The van der Waals surface area contributed by atoms with E-state index >= 15 is 0 Å². The Kier molecular flexibility index (Phi) is 3.12. The molecule has 0 saturated heterocycles. The molecular formula is C8H9ClO2S. The standard InChI is InChI=1S/C8H9ClO2S/c1-10-5-3-4-6(12)8(11-2)7(5)9/h3-4,12H,1-2H3. The summed E-state index contributed by atoms with van der Waals surface area (Å²) in [6, 6.07) is 3.51. The average molecular weight is 205 g/mol. The maximum absolute atomic E-state index is 5.92. The summed E-state index contributed by atoms with van der Waals surface area (Å²) in [5, 5.41) is 0.451. The predicted octanol–water partition coefficient (Wildman–Crippen LogP) is 2.65. The number of halogens is 1. The first-order valence-electron chi connectivity index (χ1n) is 3.30. The van der Waals surface area contributed by atoms with E-state index in [9.17, 15) is 0 Å². The van der Waals surface area contributed by atoms with Crippen LogP contribution >= 0.6 is 24.2 Å². The molecule has 1 aromatic carbocycles. The molecule has 0 bridgehead atoms. The topological polar surface area (TPSA) is 18.5 Å². The van der Waals surface area contributed by atoms with Gasteiger partial charge in [0.25, 0.3) is 0 Å². The molecule has 0 atom stereocenters. The maximum Gasteiger partial charge on any atom is 0.154 e. The molecule has 0 radical (unpaired) electrons. The summed E-state index contributed by atoms with van der Waals surface area (Å²) in [5.74, 6) is 1.13. The van der Waals surface area contributed by atoms with Crippen molar-refractivity contribution in [1.29, 1.82) is 0 Å². The van der Waals surface area contributed by atoms with Crippen LogP contribution in [0, 0.1) is 0 Å². The Morgan fingerprint density at radius 1 is 1.25 bits per heavy atom. The lowest BCUT2D eigenvalue weighted by Gasteiger charge is -2.09. The van der Waals surface area contributed by atoms with Gasteiger partial charge < -0.3 is 9.47 Å². The van der Waals surface area contributed by atoms with Crippen molar-refractivity contribution in [3.8, 4) is 11.5 Å². The molecule has 0 aliphatic carbocycles. The number of ether oxygens (including phenoxy) is 2. The van der Waals surface area contributed by atoms with E-state index in [1.165, 1.54) is 0 Å². The van der Waals surface area contributed by atoms with Gasteiger partial charge in [0, 0.05) is 4.90 Å². The second kappa shape index (κ2) is 3.92. The summed E-state index contributed by atoms with van der Waals surface area (Å²) >= 11 is 10.1. The molecule has 0 heterocycles. The number of thiol groups is 1. The molecule has 1 rings (SSSR count). The highest BCUT2D eigenvalue weighted by Gasteiger charge is 2.09. The van der Waals surface area contributed by atoms with Crippen molar-refractivity contribution in [2.24, 2.45) is 0 Å². The predicted molar refractivity (Wildman–Crippen MR) is 51.8 cm³/mol. The van der Waals surface area contributed by atoms with Gasteiger partial charge in [0.15, 0.2) is 5.75 Å². The first-order chi connectivity index (χ1) is 5.70. The van der Waals surface area contributed by atoms with E-state index in [0.717, 1.165) is 0 Å². The van der Waals surface area contributed by atoms with Crippen molar-refractivity contribution >= 4 is 24.2 Å². The van der Waals surface area contributed by atoms with Gasteiger partial charge in [0.1, 0.15) is 10.8 Å². The highest BCUT2D eigenvalue weighted by Crippen LogP contribution is 2.38. The molecule has 0 aliphatic rings. The van der Waals surface area contributed by atoms with Crippen molar-refractivity contribution in [3.05, 3.63) is 17.2 Å². The zero-order valence-corrected chi connectivity index (χ0v) is 8.45. The minimum atomic E-state index is 0.451. The SMILES string of the molecule is COc1ccc(S)c(OC)c1Cl. The minimum absolute atomic E-state index is 0.451. The van der Waals surface area contributed by atoms with Gasteiger partial charge in [0.2, 0.25) is 0 Å². The van der Waals surface area contributed by atoms with Gasteiger partial charge in [0.05, 0.1) is 14.2 Å². The fraction of sp³-hybridized carbons (Fsp3) is 0.250. The van der Waals surface area contributed by atoms with Crippen molar-refractivity contribution in [1.82, 2.24) is 0 Å². The lowest BCUT2D eigenvalue weighted by atomic mass is 10.3. The van der Waals surface area contributed by atoms with E-state index in [1.807, 2.05) is 0 Å². The Bertz CT molecular complexity index is 289. The quantitative estimate of drug-likeness (QED) is 0.747. The largest absolute Gasteiger partial charge is 0.495 e. The van der Waals surface area contributed by atoms with Crippen LogP contribution < -0.4 is 9.47 Å². The Labute approximate surface area is 81.8 Å². The number of methoxy groups -OCH3 is 2. The fourth-order valence-corrected chi connectivity index (χ4v) is 1.54. The van der Waals surface area contributed by atoms with Gasteiger partial charge in [-0.25, -0.2) is 0 Å². The van der Waals surface area contributed by atoms with Gasteiger partial charge >= 0.3 is 0 Å². The van der Waals surface area contributed by atoms with E-state index in [1.54, 1.807) is 26.4 Å². The molecule has 0 unspecified atom stereocenters. The first kappa shape index (κ1) is 9.55. The normalized spacial score (nSPS) is 9.67. The fourth-order valence-electron chi connectivity index (χ4n) is 0.880. The van der Waals surface area contributed by atoms with Crippen molar-refractivity contribution in [2.75, 3.05) is 14.2 Å². The molecule has 0 aliphatic heterocycles. The third-order valence-corrected chi connectivity index (χ3v) is 2.18. The Balaban J connectivity index is 3.24. The third-order valence-electron chi connectivity index (χ3n) is 1.46. The van der Waals surface area contributed by atoms with Crippen LogP contribution in [0.1, 0.15) is 0 Å². The van der Waals surface area contributed by atoms with Crippen LogP contribution in [0.4, 0.5) is 0 Å². The summed E-state index contributed by atoms with van der Waals surface area (Å²) < 4.78 is 10.0. The van der Waals surface area contributed by atoms with Crippen LogP contribution in [0.5, 0.6) is 11.5 Å². The van der Waals surface area contributed by atoms with Crippen LogP contribution in [0.15, 0.2) is 17.0 Å². The van der Waals surface area contributed by atoms with E-state index in [2.05, 4.69) is 12.6 Å². The van der Waals surface area contributed by atoms with Gasteiger partial charge in [-0.3, -0.25) is 0 Å². The van der Waals surface area contributed by atoms with Crippen LogP contribution in [0.2, 0.25) is 5.02 Å². The number of hydrogen-bond acceptors (Lipinski definition) is 3. The Hall–Kier alpha value is -0.540. The highest BCUT2D eigenvalue weighted by molar-refractivity contribution is 7.80. The Morgan fingerprint density at radius 3 is 2.42 bits per heavy atom. The third kappa shape index (κ3) is 1.62. The van der Waals surface area contributed by atoms with Crippen LogP contribution in [0.3, 0.4) is 0 Å². The molecule has 1 aromatic rings. The van der Waals surface area contributed by atoms with Crippen molar-refractivity contribution in [3.63, 3.8) is 0 Å². The zero-order chi connectivity index (χ0) is 9.14. The smallest absolute Gasteiger partial charge is 0.154 e. The average Bonchev–Trinajstić information content (AvgIpc) is 2.06. The summed E-state index contributed by atoms with van der Waals surface area (Å²) in [6.07, 6.45) is 0. The number of hydrogen-bond donors (Lipinski definition) is 1. The maximum atomic E-state index is 5.92. The molecule has 4 heteroatoms. The van der Waals surface area contributed by atoms with Crippen molar-refractivity contribution < 1.29 is 9.47 Å². The minimum Gasteiger partial charge on any atom is -0.495 e. The molecule has 2 nitrogen and oxygen atoms in total. The van der Waals surface area contributed by atoms with Gasteiger partial charge in [-0.2, -0.15) is 0 Å². The van der Waals surface area contributed by atoms with E-state index < -0.39 is 0 Å². The second-order valence-corrected chi connectivity index (χ2v) is 2.99. The summed E-state index contributed by atoms with van der Waals surface area (Å²) in [6.45, 7) is 0. The molecule has 0 aromatic heterocycles. The summed E-state index contributed by atoms with van der Waals surface area (Å²) in [5.41, 5.74) is 0. The van der Waals surface area contributed by atoms with Crippen LogP contribution in [0.25, 0.3) is 0 Å². The lowest BCUT2D eigenvalue weighted by Crippen LogP contribution is -1.90. The van der Waals surface area contributed by atoms with Crippen LogP contribution in [-0.4, -0.2) is 14.2 Å². The molecule has 0 fully saturated rings. The molecule has 12 heavy (non-hydrogen) atoms. The van der Waals surface area contributed by atoms with E-state index in [4.69, 9.17) is 21.1 Å². The first-order valence-corrected chi connectivity index (χ1v) is 4.12. The van der Waals surface area contributed by atoms with E-state index in [0.29, 0.717) is 21.4 Å². The molecule has 0 spiro atoms. The monoisotopic (exact) mass is 204 g/mol. The summed E-state index contributed by atoms with van der Waals surface area (Å²) in [7, 11) is 3.10. The van der Waals surface area contributed by atoms with E-state index in [-0.39, 0.29) is 0 Å². The van der Waals surface area contributed by atoms with Gasteiger partial charge in [-0.05, 0) is 12.1 Å². The summed E-state index contributed by atoms with van der Waals surface area (Å²) in [4.78, 5) is 0.698. The zero-order valence-electron chi connectivity index (χ0n) is 6.80. The molecule has 0 N–H and O–H groups in total. The number of benzene rings is 1. The number of rotatable bonds is 2. The molecular weight excluding hydrogens is 196 g/mol. The Morgan fingerprint density at radius 2 is 1.92 bits per heavy atom. The van der Waals surface area contributed by atoms with Crippen LogP contribution in [-0.2, 0) is 0 Å². The molecule has 0 amide bonds. The lowest BCUT2D eigenvalue weighted by molar-refractivity contribution is 0.388. The molecule has 66 valence electrons. The second-order valence-electron chi connectivity index (χ2n) is 2.13. The molecule has 0 saturated carbocycles. The van der Waals surface area contributed by atoms with Crippen molar-refractivity contribution in [2.45, 2.75) is 4.90 Å². The van der Waals surface area contributed by atoms with Gasteiger partial charge in [-0.15, -0.1) is 12.6 Å². The van der Waals surface area contributed by atoms with Gasteiger partial charge in [-0.1, -0.05) is 11.6 Å². The highest BCUT2D eigenvalue weighted by atomic mass is 35.5.